The second-order valence-corrected chi connectivity index (χ2v) is 5.90. The lowest BCUT2D eigenvalue weighted by molar-refractivity contribution is -0.664. The van der Waals surface area contributed by atoms with Crippen LogP contribution >= 0.6 is 0 Å². The maximum Gasteiger partial charge on any atom is 0.274 e. The van der Waals surface area contributed by atoms with Crippen LogP contribution in [0, 0.1) is 15.3 Å². The highest BCUT2D eigenvalue weighted by atomic mass is 16.6. The van der Waals surface area contributed by atoms with Gasteiger partial charge < -0.3 is 5.21 Å². The number of nitro benzene ring substituents is 1. The third kappa shape index (κ3) is 2.82. The number of nitrogens with zero attached hydrogens (tertiary/aromatic N) is 4. The Morgan fingerprint density at radius 2 is 1.68 bits per heavy atom. The average Bonchev–Trinajstić information content (AvgIpc) is 2.96. The highest BCUT2D eigenvalue weighted by Crippen LogP contribution is 2.23. The standard InChI is InChI=1S/C18H20N4O3/c1-4-12-9-14(6-3)17(10-13(12)5-2)20-19-16-8-7-15(22(24)25)11-18(16)21(20)23/h7-11H,4-6H2,1-3H3. The van der Waals surface area contributed by atoms with Crippen LogP contribution in [-0.2, 0) is 19.3 Å². The van der Waals surface area contributed by atoms with Crippen molar-refractivity contribution in [1.29, 1.82) is 0 Å². The molecule has 0 saturated carbocycles. The molecule has 0 aliphatic rings. The molecule has 0 atom stereocenters. The van der Waals surface area contributed by atoms with Crippen LogP contribution < -0.4 is 4.85 Å². The van der Waals surface area contributed by atoms with E-state index >= 15 is 0 Å². The third-order valence-corrected chi connectivity index (χ3v) is 4.51. The van der Waals surface area contributed by atoms with Gasteiger partial charge in [-0.2, -0.15) is 0 Å². The van der Waals surface area contributed by atoms with Gasteiger partial charge in [-0.3, -0.25) is 10.1 Å². The Balaban J connectivity index is 2.25. The number of aryl methyl sites for hydroxylation is 3. The summed E-state index contributed by atoms with van der Waals surface area (Å²) in [5, 5.41) is 28.0. The summed E-state index contributed by atoms with van der Waals surface area (Å²) < 4.78 is 0. The lowest BCUT2D eigenvalue weighted by Crippen LogP contribution is -2.37. The molecular weight excluding hydrogens is 320 g/mol. The van der Waals surface area contributed by atoms with E-state index in [-0.39, 0.29) is 11.2 Å². The molecule has 0 fully saturated rings. The van der Waals surface area contributed by atoms with Crippen LogP contribution in [0.4, 0.5) is 5.69 Å². The monoisotopic (exact) mass is 340 g/mol. The fourth-order valence-electron chi connectivity index (χ4n) is 3.11. The minimum atomic E-state index is -0.514. The second-order valence-electron chi connectivity index (χ2n) is 5.90. The number of hydrogen-bond acceptors (Lipinski definition) is 4. The lowest BCUT2D eigenvalue weighted by atomic mass is 9.97. The summed E-state index contributed by atoms with van der Waals surface area (Å²) in [6, 6.07) is 8.26. The van der Waals surface area contributed by atoms with E-state index in [1.807, 2.05) is 13.0 Å². The van der Waals surface area contributed by atoms with Crippen LogP contribution in [0.1, 0.15) is 37.5 Å². The van der Waals surface area contributed by atoms with Gasteiger partial charge in [0.2, 0.25) is 5.52 Å². The van der Waals surface area contributed by atoms with Gasteiger partial charge >= 0.3 is 0 Å². The number of benzene rings is 2. The summed E-state index contributed by atoms with van der Waals surface area (Å²) in [7, 11) is 0. The van der Waals surface area contributed by atoms with Gasteiger partial charge in [0.1, 0.15) is 5.69 Å². The fourth-order valence-corrected chi connectivity index (χ4v) is 3.11. The number of rotatable bonds is 5. The van der Waals surface area contributed by atoms with Crippen molar-refractivity contribution in [2.45, 2.75) is 40.0 Å². The molecule has 2 aromatic carbocycles. The predicted octanol–water partition coefficient (Wildman–Crippen LogP) is 3.25. The molecule has 0 aliphatic heterocycles. The molecule has 0 aliphatic carbocycles. The molecule has 3 aromatic rings. The Morgan fingerprint density at radius 1 is 1.04 bits per heavy atom. The number of aromatic nitrogens is 3. The van der Waals surface area contributed by atoms with Crippen molar-refractivity contribution in [3.05, 3.63) is 62.3 Å². The fraction of sp³-hybridized carbons (Fsp3) is 0.333. The SMILES string of the molecule is CCc1cc(CC)c(-n2nc3ccc([N+](=O)[O-])cc3[n+]2[O-])cc1CC. The molecule has 1 heterocycles. The summed E-state index contributed by atoms with van der Waals surface area (Å²) in [6.07, 6.45) is 2.56. The van der Waals surface area contributed by atoms with Crippen molar-refractivity contribution in [2.24, 2.45) is 0 Å². The van der Waals surface area contributed by atoms with Crippen LogP contribution in [0.3, 0.4) is 0 Å². The van der Waals surface area contributed by atoms with Gasteiger partial charge in [0, 0.05) is 12.1 Å². The maximum absolute atomic E-state index is 12.7. The van der Waals surface area contributed by atoms with E-state index in [0.29, 0.717) is 10.4 Å². The van der Waals surface area contributed by atoms with E-state index in [4.69, 9.17) is 0 Å². The van der Waals surface area contributed by atoms with Crippen LogP contribution in [0.5, 0.6) is 0 Å². The Hall–Kier alpha value is -2.96. The molecule has 0 spiro atoms. The van der Waals surface area contributed by atoms with Gasteiger partial charge in [0.15, 0.2) is 0 Å². The average molecular weight is 340 g/mol. The summed E-state index contributed by atoms with van der Waals surface area (Å²) in [5.41, 5.74) is 4.71. The van der Waals surface area contributed by atoms with Crippen molar-refractivity contribution in [3.8, 4) is 5.69 Å². The molecule has 0 amide bonds. The van der Waals surface area contributed by atoms with Crippen LogP contribution in [0.2, 0.25) is 0 Å². The first kappa shape index (κ1) is 16.9. The number of fused-ring (bicyclic) bond motifs is 1. The summed E-state index contributed by atoms with van der Waals surface area (Å²) in [6.45, 7) is 6.23. The smallest absolute Gasteiger partial charge is 0.274 e. The summed E-state index contributed by atoms with van der Waals surface area (Å²) >= 11 is 0. The van der Waals surface area contributed by atoms with E-state index < -0.39 is 4.92 Å². The van der Waals surface area contributed by atoms with E-state index in [1.54, 1.807) is 0 Å². The Morgan fingerprint density at radius 3 is 2.28 bits per heavy atom. The first-order valence-corrected chi connectivity index (χ1v) is 8.42. The molecule has 0 saturated heterocycles. The lowest BCUT2D eigenvalue weighted by Gasteiger charge is -2.13. The van der Waals surface area contributed by atoms with Crippen molar-refractivity contribution in [3.63, 3.8) is 0 Å². The van der Waals surface area contributed by atoms with Gasteiger partial charge in [-0.05, 0) is 46.8 Å². The molecule has 0 N–H and O–H groups in total. The van der Waals surface area contributed by atoms with Crippen LogP contribution in [0.25, 0.3) is 16.7 Å². The normalized spacial score (nSPS) is 11.2. The van der Waals surface area contributed by atoms with E-state index in [0.717, 1.165) is 30.5 Å². The van der Waals surface area contributed by atoms with Gasteiger partial charge in [-0.25, -0.2) is 0 Å². The molecule has 7 heteroatoms. The van der Waals surface area contributed by atoms with E-state index in [1.165, 1.54) is 34.1 Å². The van der Waals surface area contributed by atoms with Gasteiger partial charge in [0.05, 0.1) is 16.1 Å². The largest absolute Gasteiger partial charge is 0.692 e. The maximum atomic E-state index is 12.7. The van der Waals surface area contributed by atoms with Crippen molar-refractivity contribution in [1.82, 2.24) is 9.90 Å². The van der Waals surface area contributed by atoms with E-state index in [9.17, 15) is 15.3 Å². The quantitative estimate of drug-likeness (QED) is 0.309. The van der Waals surface area contributed by atoms with E-state index in [2.05, 4.69) is 25.0 Å². The zero-order valence-corrected chi connectivity index (χ0v) is 14.5. The number of non-ortho nitro benzene ring substituents is 1. The third-order valence-electron chi connectivity index (χ3n) is 4.51. The highest BCUT2D eigenvalue weighted by Gasteiger charge is 2.22. The first-order chi connectivity index (χ1) is 12.0. The molecular formula is C18H20N4O3. The molecule has 0 unspecified atom stereocenters. The molecule has 0 bridgehead atoms. The predicted molar refractivity (Wildman–Crippen MR) is 94.8 cm³/mol. The Kier molecular flexibility index (Phi) is 4.39. The minimum Gasteiger partial charge on any atom is -0.692 e. The second kappa shape index (κ2) is 6.51. The van der Waals surface area contributed by atoms with Gasteiger partial charge in [-0.15, -0.1) is 4.85 Å². The van der Waals surface area contributed by atoms with Crippen LogP contribution in [-0.4, -0.2) is 14.8 Å². The molecule has 1 aromatic heterocycles. The number of nitro groups is 1. The Labute approximate surface area is 145 Å². The summed E-state index contributed by atoms with van der Waals surface area (Å²) in [5.74, 6) is 0. The number of hydrogen-bond donors (Lipinski definition) is 0. The highest BCUT2D eigenvalue weighted by molar-refractivity contribution is 5.74. The van der Waals surface area contributed by atoms with Gasteiger partial charge in [-0.1, -0.05) is 26.8 Å². The minimum absolute atomic E-state index is 0.122. The molecule has 7 nitrogen and oxygen atoms in total. The molecule has 130 valence electrons. The Bertz CT molecular complexity index is 963. The molecule has 0 radical (unpaired) electrons. The summed E-state index contributed by atoms with van der Waals surface area (Å²) in [4.78, 5) is 12.4. The van der Waals surface area contributed by atoms with Crippen molar-refractivity contribution >= 4 is 16.7 Å². The first-order valence-electron chi connectivity index (χ1n) is 8.42. The van der Waals surface area contributed by atoms with Crippen molar-refractivity contribution in [2.75, 3.05) is 0 Å². The van der Waals surface area contributed by atoms with Gasteiger partial charge in [0.25, 0.3) is 11.2 Å². The van der Waals surface area contributed by atoms with Crippen LogP contribution in [0.15, 0.2) is 30.3 Å². The molecule has 25 heavy (non-hydrogen) atoms. The zero-order chi connectivity index (χ0) is 18.1. The molecule has 3 rings (SSSR count). The zero-order valence-electron chi connectivity index (χ0n) is 14.5. The topological polar surface area (TPSA) is 87.9 Å². The van der Waals surface area contributed by atoms with Crippen molar-refractivity contribution < 1.29 is 9.77 Å².